The third kappa shape index (κ3) is 6.99. The number of amides is 1. The van der Waals surface area contributed by atoms with Crippen molar-refractivity contribution in [3.05, 3.63) is 28.0 Å². The SMILES string of the molecule is CC(=O)OC[C@@H]1O[C@@H](OC(C)=O)[C@@H](NC(=O)c2ccc([N+](=O)[O-])o2)[C@@H](OC(C)=O)[C@H]1OC(C)=O. The second-order valence-corrected chi connectivity index (χ2v) is 7.00. The van der Waals surface area contributed by atoms with Gasteiger partial charge in [-0.3, -0.25) is 34.1 Å². The highest BCUT2D eigenvalue weighted by molar-refractivity contribution is 5.92. The van der Waals surface area contributed by atoms with Crippen molar-refractivity contribution in [1.29, 1.82) is 0 Å². The molecule has 1 aromatic rings. The fourth-order valence-electron chi connectivity index (χ4n) is 3.09. The predicted molar refractivity (Wildman–Crippen MR) is 105 cm³/mol. The molecule has 15 heteroatoms. The van der Waals surface area contributed by atoms with Crippen molar-refractivity contribution in [1.82, 2.24) is 5.32 Å². The van der Waals surface area contributed by atoms with Crippen LogP contribution in [0.15, 0.2) is 16.5 Å². The summed E-state index contributed by atoms with van der Waals surface area (Å²) in [6.45, 7) is 3.77. The fourth-order valence-corrected chi connectivity index (χ4v) is 3.09. The van der Waals surface area contributed by atoms with E-state index in [0.717, 1.165) is 39.8 Å². The highest BCUT2D eigenvalue weighted by atomic mass is 16.7. The molecule has 0 aliphatic carbocycles. The van der Waals surface area contributed by atoms with Crippen molar-refractivity contribution in [3.63, 3.8) is 0 Å². The molecule has 2 rings (SSSR count). The first-order valence-corrected chi connectivity index (χ1v) is 9.74. The molecule has 0 radical (unpaired) electrons. The Labute approximate surface area is 191 Å². The highest BCUT2D eigenvalue weighted by Gasteiger charge is 2.52. The number of hydrogen-bond acceptors (Lipinski definition) is 13. The molecule has 0 aromatic carbocycles. The minimum Gasteiger partial charge on any atom is -0.463 e. The number of furan rings is 1. The molecule has 186 valence electrons. The molecule has 0 spiro atoms. The van der Waals surface area contributed by atoms with Gasteiger partial charge >= 0.3 is 29.8 Å². The first-order chi connectivity index (χ1) is 15.9. The van der Waals surface area contributed by atoms with Crippen molar-refractivity contribution < 1.29 is 57.0 Å². The summed E-state index contributed by atoms with van der Waals surface area (Å²) in [5.41, 5.74) is 0. The summed E-state index contributed by atoms with van der Waals surface area (Å²) in [6.07, 6.45) is -5.78. The lowest BCUT2D eigenvalue weighted by atomic mass is 9.96. The molecule has 1 fully saturated rings. The van der Waals surface area contributed by atoms with E-state index in [-0.39, 0.29) is 0 Å². The Kier molecular flexibility index (Phi) is 8.66. The maximum absolute atomic E-state index is 12.7. The van der Waals surface area contributed by atoms with Crippen molar-refractivity contribution in [2.75, 3.05) is 6.61 Å². The van der Waals surface area contributed by atoms with Gasteiger partial charge in [0.2, 0.25) is 6.29 Å². The molecule has 1 amide bonds. The van der Waals surface area contributed by atoms with Gasteiger partial charge in [-0.05, 0) is 6.07 Å². The second-order valence-electron chi connectivity index (χ2n) is 7.00. The van der Waals surface area contributed by atoms with E-state index in [0.29, 0.717) is 0 Å². The molecule has 1 N–H and O–H groups in total. The van der Waals surface area contributed by atoms with Gasteiger partial charge in [-0.25, -0.2) is 0 Å². The van der Waals surface area contributed by atoms with Gasteiger partial charge in [-0.1, -0.05) is 0 Å². The fraction of sp³-hybridized carbons (Fsp3) is 0.526. The summed E-state index contributed by atoms with van der Waals surface area (Å²) in [5.74, 6) is -5.44. The number of carbonyl (C=O) groups is 5. The van der Waals surface area contributed by atoms with Crippen LogP contribution in [0.5, 0.6) is 0 Å². The van der Waals surface area contributed by atoms with E-state index < -0.39 is 83.6 Å². The van der Waals surface area contributed by atoms with Crippen LogP contribution in [0.4, 0.5) is 5.88 Å². The van der Waals surface area contributed by atoms with E-state index in [1.807, 2.05) is 0 Å². The molecular weight excluding hydrogens is 464 g/mol. The zero-order chi connectivity index (χ0) is 25.6. The second kappa shape index (κ2) is 11.2. The Hall–Kier alpha value is -4.01. The normalized spacial score (nSPS) is 23.8. The summed E-state index contributed by atoms with van der Waals surface area (Å²) >= 11 is 0. The first kappa shape index (κ1) is 26.2. The Balaban J connectivity index is 2.44. The molecule has 2 heterocycles. The number of nitro groups is 1. The first-order valence-electron chi connectivity index (χ1n) is 9.74. The molecule has 34 heavy (non-hydrogen) atoms. The van der Waals surface area contributed by atoms with Crippen LogP contribution < -0.4 is 5.32 Å². The lowest BCUT2D eigenvalue weighted by Gasteiger charge is -2.44. The predicted octanol–water partition coefficient (Wildman–Crippen LogP) is 0.000700. The van der Waals surface area contributed by atoms with Crippen molar-refractivity contribution >= 4 is 35.7 Å². The summed E-state index contributed by atoms with van der Waals surface area (Å²) in [7, 11) is 0. The van der Waals surface area contributed by atoms with Gasteiger partial charge in [0.15, 0.2) is 18.0 Å². The summed E-state index contributed by atoms with van der Waals surface area (Å²) in [6, 6.07) is 0.490. The minimum absolute atomic E-state index is 0.478. The van der Waals surface area contributed by atoms with Gasteiger partial charge < -0.3 is 33.4 Å². The van der Waals surface area contributed by atoms with Crippen molar-refractivity contribution in [3.8, 4) is 0 Å². The van der Waals surface area contributed by atoms with Crippen LogP contribution in [0.25, 0.3) is 0 Å². The largest absolute Gasteiger partial charge is 0.463 e. The van der Waals surface area contributed by atoms with Crippen LogP contribution in [-0.4, -0.2) is 72.0 Å². The van der Waals surface area contributed by atoms with E-state index in [1.165, 1.54) is 0 Å². The lowest BCUT2D eigenvalue weighted by molar-refractivity contribution is -0.402. The summed E-state index contributed by atoms with van der Waals surface area (Å²) < 4.78 is 31.0. The number of nitrogens with one attached hydrogen (secondary N) is 1. The van der Waals surface area contributed by atoms with Crippen LogP contribution >= 0.6 is 0 Å². The summed E-state index contributed by atoms with van der Waals surface area (Å²) in [4.78, 5) is 69.2. The standard InChI is InChI=1S/C19H22N2O13/c1-8(22)29-7-13-16(30-9(2)23)17(31-10(3)24)15(19(34-13)32-11(4)25)20-18(26)12-5-6-14(33-12)21(27)28/h5-6,13,15-17,19H,7H2,1-4H3,(H,20,26)/t13-,15-,16-,17+,19+/m0/s1. The number of rotatable bonds is 8. The van der Waals surface area contributed by atoms with Gasteiger partial charge in [0.05, 0.1) is 6.07 Å². The van der Waals surface area contributed by atoms with Gasteiger partial charge in [0, 0.05) is 27.7 Å². The minimum atomic E-state index is -1.61. The highest BCUT2D eigenvalue weighted by Crippen LogP contribution is 2.28. The quantitative estimate of drug-likeness (QED) is 0.223. The topological polar surface area (TPSA) is 200 Å². The maximum Gasteiger partial charge on any atom is 0.433 e. The maximum atomic E-state index is 12.7. The smallest absolute Gasteiger partial charge is 0.433 e. The molecule has 1 aromatic heterocycles. The van der Waals surface area contributed by atoms with Gasteiger partial charge in [-0.15, -0.1) is 0 Å². The Morgan fingerprint density at radius 1 is 0.941 bits per heavy atom. The van der Waals surface area contributed by atoms with E-state index in [4.69, 9.17) is 28.1 Å². The molecule has 15 nitrogen and oxygen atoms in total. The molecule has 0 unspecified atom stereocenters. The zero-order valence-corrected chi connectivity index (χ0v) is 18.5. The molecule has 0 bridgehead atoms. The van der Waals surface area contributed by atoms with Crippen LogP contribution in [0.3, 0.4) is 0 Å². The van der Waals surface area contributed by atoms with Gasteiger partial charge in [-0.2, -0.15) is 0 Å². The van der Waals surface area contributed by atoms with Crippen LogP contribution in [0, 0.1) is 10.1 Å². The average molecular weight is 486 g/mol. The Bertz CT molecular complexity index is 971. The Morgan fingerprint density at radius 2 is 1.53 bits per heavy atom. The number of nitrogens with zero attached hydrogens (tertiary/aromatic N) is 1. The average Bonchev–Trinajstić information content (AvgIpc) is 3.20. The number of hydrogen-bond donors (Lipinski definition) is 1. The molecule has 1 aliphatic rings. The van der Waals surface area contributed by atoms with E-state index in [2.05, 4.69) is 5.32 Å². The van der Waals surface area contributed by atoms with Crippen molar-refractivity contribution in [2.45, 2.75) is 58.3 Å². The third-order valence-electron chi connectivity index (χ3n) is 4.28. The molecule has 0 saturated carbocycles. The van der Waals surface area contributed by atoms with Crippen LogP contribution in [-0.2, 0) is 42.9 Å². The van der Waals surface area contributed by atoms with E-state index >= 15 is 0 Å². The van der Waals surface area contributed by atoms with E-state index in [1.54, 1.807) is 0 Å². The van der Waals surface area contributed by atoms with Crippen molar-refractivity contribution in [2.24, 2.45) is 0 Å². The number of esters is 4. The van der Waals surface area contributed by atoms with Gasteiger partial charge in [0.25, 0.3) is 5.91 Å². The van der Waals surface area contributed by atoms with Crippen LogP contribution in [0.2, 0.25) is 0 Å². The number of ether oxygens (including phenoxy) is 5. The molecular formula is C19H22N2O13. The molecule has 1 aliphatic heterocycles. The monoisotopic (exact) mass is 486 g/mol. The molecule has 5 atom stereocenters. The zero-order valence-electron chi connectivity index (χ0n) is 18.5. The Morgan fingerprint density at radius 3 is 2.03 bits per heavy atom. The third-order valence-corrected chi connectivity index (χ3v) is 4.28. The lowest BCUT2D eigenvalue weighted by Crippen LogP contribution is -2.67. The van der Waals surface area contributed by atoms with Crippen LogP contribution in [0.1, 0.15) is 38.2 Å². The number of carbonyl (C=O) groups excluding carboxylic acids is 5. The van der Waals surface area contributed by atoms with Gasteiger partial charge in [0.1, 0.15) is 23.7 Å². The molecule has 1 saturated heterocycles. The summed E-state index contributed by atoms with van der Waals surface area (Å²) in [5, 5.41) is 13.2. The van der Waals surface area contributed by atoms with E-state index in [9.17, 15) is 34.1 Å².